The minimum absolute atomic E-state index is 0.115. The van der Waals surface area contributed by atoms with Crippen molar-refractivity contribution in [3.63, 3.8) is 0 Å². The van der Waals surface area contributed by atoms with E-state index in [9.17, 15) is 0 Å². The van der Waals surface area contributed by atoms with Gasteiger partial charge in [-0.05, 0) is 20.3 Å². The molecular weight excluding hydrogens is 126 g/mol. The van der Waals surface area contributed by atoms with Crippen LogP contribution >= 0.6 is 0 Å². The summed E-state index contributed by atoms with van der Waals surface area (Å²) in [5.41, 5.74) is 6.30. The number of methoxy groups -OCH3 is 1. The van der Waals surface area contributed by atoms with Crippen LogP contribution in [-0.2, 0) is 4.74 Å². The van der Waals surface area contributed by atoms with Gasteiger partial charge < -0.3 is 10.5 Å². The van der Waals surface area contributed by atoms with Crippen LogP contribution < -0.4 is 5.73 Å². The Morgan fingerprint density at radius 2 is 2.10 bits per heavy atom. The molecule has 0 aliphatic carbocycles. The Balaban J connectivity index is 3.76. The first-order valence-electron chi connectivity index (χ1n) is 3.43. The number of ether oxygens (including phenoxy) is 1. The highest BCUT2D eigenvalue weighted by molar-refractivity contribution is 5.00. The maximum Gasteiger partial charge on any atom is 0.0660 e. The Hall–Kier alpha value is -0.340. The summed E-state index contributed by atoms with van der Waals surface area (Å²) in [5, 5.41) is 0. The lowest BCUT2D eigenvalue weighted by molar-refractivity contribution is 0.0231. The van der Waals surface area contributed by atoms with E-state index >= 15 is 0 Å². The van der Waals surface area contributed by atoms with Gasteiger partial charge in [-0.3, -0.25) is 0 Å². The summed E-state index contributed by atoms with van der Waals surface area (Å²) in [4.78, 5) is 0. The third kappa shape index (κ3) is 3.64. The minimum Gasteiger partial charge on any atom is -0.378 e. The number of hydrogen-bond acceptors (Lipinski definition) is 2. The van der Waals surface area contributed by atoms with Crippen molar-refractivity contribution in [2.24, 2.45) is 5.73 Å². The fourth-order valence-electron chi connectivity index (χ4n) is 0.746. The number of hydrogen-bond donors (Lipinski definition) is 1. The van der Waals surface area contributed by atoms with Crippen LogP contribution in [0.5, 0.6) is 0 Å². The van der Waals surface area contributed by atoms with E-state index in [1.807, 2.05) is 13.8 Å². The molecule has 0 aromatic rings. The molecule has 2 N–H and O–H groups in total. The summed E-state index contributed by atoms with van der Waals surface area (Å²) < 4.78 is 5.19. The van der Waals surface area contributed by atoms with Crippen molar-refractivity contribution in [1.29, 1.82) is 0 Å². The second-order valence-electron chi connectivity index (χ2n) is 3.09. The standard InChI is InChI=1S/C8H17NO/c1-7(6-9)5-8(2,3)10-4/h1,5-6,9H2,2-4H3. The monoisotopic (exact) mass is 143 g/mol. The average Bonchev–Trinajstić information content (AvgIpc) is 1.87. The Kier molecular flexibility index (Phi) is 3.61. The third-order valence-electron chi connectivity index (χ3n) is 1.52. The number of nitrogens with two attached hydrogens (primary N) is 1. The Bertz CT molecular complexity index is 118. The van der Waals surface area contributed by atoms with E-state index in [4.69, 9.17) is 10.5 Å². The normalized spacial score (nSPS) is 11.6. The van der Waals surface area contributed by atoms with Gasteiger partial charge in [-0.1, -0.05) is 12.2 Å². The molecule has 0 aliphatic heterocycles. The van der Waals surface area contributed by atoms with Crippen LogP contribution in [0.3, 0.4) is 0 Å². The van der Waals surface area contributed by atoms with Crippen LogP contribution in [0, 0.1) is 0 Å². The molecule has 0 heterocycles. The summed E-state index contributed by atoms with van der Waals surface area (Å²) in [7, 11) is 1.70. The van der Waals surface area contributed by atoms with Gasteiger partial charge in [0, 0.05) is 13.7 Å². The molecule has 0 aromatic heterocycles. The van der Waals surface area contributed by atoms with Crippen molar-refractivity contribution in [2.45, 2.75) is 25.9 Å². The molecule has 0 radical (unpaired) electrons. The Morgan fingerprint density at radius 3 is 2.40 bits per heavy atom. The first-order valence-corrected chi connectivity index (χ1v) is 3.43. The molecule has 2 heteroatoms. The fraction of sp³-hybridized carbons (Fsp3) is 0.750. The minimum atomic E-state index is -0.115. The van der Waals surface area contributed by atoms with Gasteiger partial charge in [-0.25, -0.2) is 0 Å². The van der Waals surface area contributed by atoms with Crippen LogP contribution in [0.25, 0.3) is 0 Å². The van der Waals surface area contributed by atoms with Crippen molar-refractivity contribution >= 4 is 0 Å². The zero-order valence-corrected chi connectivity index (χ0v) is 7.11. The molecule has 0 bridgehead atoms. The van der Waals surface area contributed by atoms with Crippen LogP contribution in [0.4, 0.5) is 0 Å². The van der Waals surface area contributed by atoms with Crippen molar-refractivity contribution in [1.82, 2.24) is 0 Å². The molecule has 0 rings (SSSR count). The van der Waals surface area contributed by atoms with E-state index in [1.54, 1.807) is 7.11 Å². The summed E-state index contributed by atoms with van der Waals surface area (Å²) in [6, 6.07) is 0. The zero-order valence-electron chi connectivity index (χ0n) is 7.11. The lowest BCUT2D eigenvalue weighted by Gasteiger charge is -2.23. The molecule has 0 amide bonds. The Labute approximate surface area is 63.1 Å². The largest absolute Gasteiger partial charge is 0.378 e. The van der Waals surface area contributed by atoms with Crippen LogP contribution in [0.1, 0.15) is 20.3 Å². The van der Waals surface area contributed by atoms with E-state index < -0.39 is 0 Å². The zero-order chi connectivity index (χ0) is 8.20. The molecule has 0 fully saturated rings. The lowest BCUT2D eigenvalue weighted by Crippen LogP contribution is -2.24. The van der Waals surface area contributed by atoms with Gasteiger partial charge in [0.1, 0.15) is 0 Å². The molecule has 60 valence electrons. The van der Waals surface area contributed by atoms with Gasteiger partial charge in [0.2, 0.25) is 0 Å². The first-order chi connectivity index (χ1) is 4.52. The summed E-state index contributed by atoms with van der Waals surface area (Å²) >= 11 is 0. The van der Waals surface area contributed by atoms with E-state index in [1.165, 1.54) is 0 Å². The molecule has 0 spiro atoms. The molecule has 0 saturated carbocycles. The predicted molar refractivity (Wildman–Crippen MR) is 43.9 cm³/mol. The van der Waals surface area contributed by atoms with Crippen molar-refractivity contribution < 1.29 is 4.74 Å². The molecular formula is C8H17NO. The maximum atomic E-state index is 5.38. The molecule has 0 atom stereocenters. The topological polar surface area (TPSA) is 35.2 Å². The van der Waals surface area contributed by atoms with E-state index in [0.717, 1.165) is 12.0 Å². The van der Waals surface area contributed by atoms with Crippen molar-refractivity contribution in [3.8, 4) is 0 Å². The smallest absolute Gasteiger partial charge is 0.0660 e. The first kappa shape index (κ1) is 9.66. The maximum absolute atomic E-state index is 5.38. The predicted octanol–water partition coefficient (Wildman–Crippen LogP) is 1.32. The average molecular weight is 143 g/mol. The fourth-order valence-corrected chi connectivity index (χ4v) is 0.746. The second kappa shape index (κ2) is 3.74. The van der Waals surface area contributed by atoms with E-state index in [-0.39, 0.29) is 5.60 Å². The van der Waals surface area contributed by atoms with Gasteiger partial charge in [0.05, 0.1) is 5.60 Å². The highest BCUT2D eigenvalue weighted by Crippen LogP contribution is 2.16. The summed E-state index contributed by atoms with van der Waals surface area (Å²) in [6.45, 7) is 8.39. The highest BCUT2D eigenvalue weighted by atomic mass is 16.5. The third-order valence-corrected chi connectivity index (χ3v) is 1.52. The van der Waals surface area contributed by atoms with Crippen LogP contribution in [0.2, 0.25) is 0 Å². The van der Waals surface area contributed by atoms with E-state index in [0.29, 0.717) is 6.54 Å². The van der Waals surface area contributed by atoms with Gasteiger partial charge >= 0.3 is 0 Å². The summed E-state index contributed by atoms with van der Waals surface area (Å²) in [6.07, 6.45) is 0.833. The molecule has 10 heavy (non-hydrogen) atoms. The molecule has 0 aromatic carbocycles. The molecule has 2 nitrogen and oxygen atoms in total. The van der Waals surface area contributed by atoms with E-state index in [2.05, 4.69) is 6.58 Å². The SMILES string of the molecule is C=C(CN)CC(C)(C)OC. The van der Waals surface area contributed by atoms with Crippen LogP contribution in [-0.4, -0.2) is 19.3 Å². The lowest BCUT2D eigenvalue weighted by atomic mass is 10.00. The van der Waals surface area contributed by atoms with Crippen molar-refractivity contribution in [2.75, 3.05) is 13.7 Å². The van der Waals surface area contributed by atoms with Crippen LogP contribution in [0.15, 0.2) is 12.2 Å². The van der Waals surface area contributed by atoms with Gasteiger partial charge in [-0.15, -0.1) is 0 Å². The summed E-state index contributed by atoms with van der Waals surface area (Å²) in [5.74, 6) is 0. The molecule has 0 saturated heterocycles. The van der Waals surface area contributed by atoms with Gasteiger partial charge in [0.15, 0.2) is 0 Å². The van der Waals surface area contributed by atoms with Gasteiger partial charge in [-0.2, -0.15) is 0 Å². The highest BCUT2D eigenvalue weighted by Gasteiger charge is 2.16. The molecule has 0 unspecified atom stereocenters. The quantitative estimate of drug-likeness (QED) is 0.602. The molecule has 0 aliphatic rings. The Morgan fingerprint density at radius 1 is 1.60 bits per heavy atom. The van der Waals surface area contributed by atoms with Crippen molar-refractivity contribution in [3.05, 3.63) is 12.2 Å². The van der Waals surface area contributed by atoms with Gasteiger partial charge in [0.25, 0.3) is 0 Å². The second-order valence-corrected chi connectivity index (χ2v) is 3.09. The number of rotatable bonds is 4.